The van der Waals surface area contributed by atoms with E-state index in [2.05, 4.69) is 46.3 Å². The first-order valence-corrected chi connectivity index (χ1v) is 10.1. The molecule has 0 atom stereocenters. The lowest BCUT2D eigenvalue weighted by molar-refractivity contribution is -0.142. The average Bonchev–Trinajstić information content (AvgIpc) is 2.66. The summed E-state index contributed by atoms with van der Waals surface area (Å²) < 4.78 is 0. The lowest BCUT2D eigenvalue weighted by atomic mass is 9.86. The molecule has 2 fully saturated rings. The molecule has 1 saturated heterocycles. The van der Waals surface area contributed by atoms with Crippen LogP contribution in [-0.4, -0.2) is 61.3 Å². The summed E-state index contributed by atoms with van der Waals surface area (Å²) >= 11 is 0. The van der Waals surface area contributed by atoms with Crippen molar-refractivity contribution in [2.75, 3.05) is 44.2 Å². The van der Waals surface area contributed by atoms with Gasteiger partial charge in [0.2, 0.25) is 0 Å². The monoisotopic (exact) mass is 359 g/mol. The predicted molar refractivity (Wildman–Crippen MR) is 106 cm³/mol. The molecule has 2 aliphatic rings. The van der Waals surface area contributed by atoms with Crippen LogP contribution in [0.25, 0.3) is 0 Å². The number of hydrogen-bond acceptors (Lipinski definition) is 4. The van der Waals surface area contributed by atoms with Crippen LogP contribution in [0.5, 0.6) is 0 Å². The second kappa shape index (κ2) is 9.38. The van der Waals surface area contributed by atoms with Gasteiger partial charge in [-0.25, -0.2) is 0 Å². The SMILES string of the molecule is Cc1cccc(N2CCN(CCCNC3CCC(C(=O)O)CC3)CC2)c1. The highest BCUT2D eigenvalue weighted by molar-refractivity contribution is 5.70. The molecule has 3 rings (SSSR count). The molecule has 1 aliphatic heterocycles. The quantitative estimate of drug-likeness (QED) is 0.733. The van der Waals surface area contributed by atoms with Crippen LogP contribution in [0.15, 0.2) is 24.3 Å². The van der Waals surface area contributed by atoms with Crippen molar-refractivity contribution < 1.29 is 9.90 Å². The summed E-state index contributed by atoms with van der Waals surface area (Å²) in [7, 11) is 0. The molecule has 1 heterocycles. The van der Waals surface area contributed by atoms with E-state index in [1.54, 1.807) is 0 Å². The van der Waals surface area contributed by atoms with Gasteiger partial charge in [-0.1, -0.05) is 12.1 Å². The Morgan fingerprint density at radius 2 is 1.88 bits per heavy atom. The van der Waals surface area contributed by atoms with E-state index >= 15 is 0 Å². The third kappa shape index (κ3) is 5.45. The van der Waals surface area contributed by atoms with Gasteiger partial charge in [0.15, 0.2) is 0 Å². The molecule has 1 aromatic rings. The fourth-order valence-electron chi connectivity index (χ4n) is 4.21. The van der Waals surface area contributed by atoms with Crippen LogP contribution in [0.3, 0.4) is 0 Å². The first kappa shape index (κ1) is 19.2. The fraction of sp³-hybridized carbons (Fsp3) is 0.667. The number of aliphatic carboxylic acids is 1. The van der Waals surface area contributed by atoms with E-state index in [0.29, 0.717) is 6.04 Å². The van der Waals surface area contributed by atoms with Gasteiger partial charge in [-0.2, -0.15) is 0 Å². The molecule has 0 amide bonds. The zero-order chi connectivity index (χ0) is 18.4. The summed E-state index contributed by atoms with van der Waals surface area (Å²) in [6.07, 6.45) is 4.84. The maximum atomic E-state index is 11.0. The standard InChI is InChI=1S/C21H33N3O2/c1-17-4-2-5-20(16-17)24-14-12-23(13-15-24)11-3-10-22-19-8-6-18(7-9-19)21(25)26/h2,4-5,16,18-19,22H,3,6-15H2,1H3,(H,25,26). The molecular formula is C21H33N3O2. The molecule has 1 aromatic carbocycles. The molecular weight excluding hydrogens is 326 g/mol. The number of benzene rings is 1. The fourth-order valence-corrected chi connectivity index (χ4v) is 4.21. The summed E-state index contributed by atoms with van der Waals surface area (Å²) in [6.45, 7) is 8.84. The van der Waals surface area contributed by atoms with Crippen molar-refractivity contribution in [1.29, 1.82) is 0 Å². The number of carboxylic acid groups (broad SMARTS) is 1. The second-order valence-corrected chi connectivity index (χ2v) is 7.86. The summed E-state index contributed by atoms with van der Waals surface area (Å²) in [6, 6.07) is 9.31. The van der Waals surface area contributed by atoms with E-state index in [0.717, 1.165) is 65.0 Å². The summed E-state index contributed by atoms with van der Waals surface area (Å²) in [5, 5.41) is 12.7. The van der Waals surface area contributed by atoms with Gasteiger partial charge >= 0.3 is 5.97 Å². The first-order valence-electron chi connectivity index (χ1n) is 10.1. The molecule has 1 aliphatic carbocycles. The summed E-state index contributed by atoms with van der Waals surface area (Å²) in [5.41, 5.74) is 2.68. The number of aryl methyl sites for hydroxylation is 1. The van der Waals surface area contributed by atoms with Gasteiger partial charge in [-0.3, -0.25) is 9.69 Å². The molecule has 0 unspecified atom stereocenters. The van der Waals surface area contributed by atoms with E-state index in [-0.39, 0.29) is 5.92 Å². The van der Waals surface area contributed by atoms with Crippen molar-refractivity contribution in [2.45, 2.75) is 45.1 Å². The Morgan fingerprint density at radius 3 is 2.54 bits per heavy atom. The van der Waals surface area contributed by atoms with Gasteiger partial charge < -0.3 is 15.3 Å². The van der Waals surface area contributed by atoms with Crippen molar-refractivity contribution in [2.24, 2.45) is 5.92 Å². The lowest BCUT2D eigenvalue weighted by Gasteiger charge is -2.36. The Hall–Kier alpha value is -1.59. The number of hydrogen-bond donors (Lipinski definition) is 2. The Balaban J connectivity index is 1.28. The van der Waals surface area contributed by atoms with Gasteiger partial charge in [-0.05, 0) is 69.8 Å². The van der Waals surface area contributed by atoms with E-state index in [1.807, 2.05) is 0 Å². The number of nitrogens with zero attached hydrogens (tertiary/aromatic N) is 2. The zero-order valence-electron chi connectivity index (χ0n) is 16.0. The number of piperazine rings is 1. The highest BCUT2D eigenvalue weighted by Gasteiger charge is 2.25. The Bertz CT molecular complexity index is 576. The molecule has 0 aromatic heterocycles. The molecule has 26 heavy (non-hydrogen) atoms. The maximum absolute atomic E-state index is 11.0. The molecule has 1 saturated carbocycles. The van der Waals surface area contributed by atoms with Crippen molar-refractivity contribution in [1.82, 2.24) is 10.2 Å². The van der Waals surface area contributed by atoms with Gasteiger partial charge in [0, 0.05) is 37.9 Å². The number of carboxylic acids is 1. The Kier molecular flexibility index (Phi) is 6.92. The van der Waals surface area contributed by atoms with E-state index in [1.165, 1.54) is 17.7 Å². The van der Waals surface area contributed by atoms with Crippen molar-refractivity contribution in [3.8, 4) is 0 Å². The minimum Gasteiger partial charge on any atom is -0.481 e. The predicted octanol–water partition coefficient (Wildman–Crippen LogP) is 2.74. The van der Waals surface area contributed by atoms with Gasteiger partial charge in [-0.15, -0.1) is 0 Å². The topological polar surface area (TPSA) is 55.8 Å². The van der Waals surface area contributed by atoms with Gasteiger partial charge in [0.25, 0.3) is 0 Å². The van der Waals surface area contributed by atoms with E-state index in [4.69, 9.17) is 5.11 Å². The highest BCUT2D eigenvalue weighted by Crippen LogP contribution is 2.24. The molecule has 0 radical (unpaired) electrons. The van der Waals surface area contributed by atoms with Crippen LogP contribution in [0.2, 0.25) is 0 Å². The van der Waals surface area contributed by atoms with Crippen LogP contribution in [0, 0.1) is 12.8 Å². The van der Waals surface area contributed by atoms with Crippen molar-refractivity contribution in [3.63, 3.8) is 0 Å². The third-order valence-corrected chi connectivity index (χ3v) is 5.90. The van der Waals surface area contributed by atoms with Crippen LogP contribution < -0.4 is 10.2 Å². The van der Waals surface area contributed by atoms with Crippen LogP contribution in [0.4, 0.5) is 5.69 Å². The minimum atomic E-state index is -0.617. The molecule has 144 valence electrons. The Labute approximate surface area is 157 Å². The smallest absolute Gasteiger partial charge is 0.306 e. The van der Waals surface area contributed by atoms with Gasteiger partial charge in [0.1, 0.15) is 0 Å². The van der Waals surface area contributed by atoms with Gasteiger partial charge in [0.05, 0.1) is 5.92 Å². The Morgan fingerprint density at radius 1 is 1.15 bits per heavy atom. The normalized spacial score (nSPS) is 24.6. The number of carbonyl (C=O) groups is 1. The molecule has 5 nitrogen and oxygen atoms in total. The maximum Gasteiger partial charge on any atom is 0.306 e. The number of rotatable bonds is 7. The van der Waals surface area contributed by atoms with E-state index < -0.39 is 5.97 Å². The molecule has 2 N–H and O–H groups in total. The highest BCUT2D eigenvalue weighted by atomic mass is 16.4. The molecule has 0 spiro atoms. The number of anilines is 1. The van der Waals surface area contributed by atoms with E-state index in [9.17, 15) is 4.79 Å². The van der Waals surface area contributed by atoms with Crippen LogP contribution in [0.1, 0.15) is 37.7 Å². The number of nitrogens with one attached hydrogen (secondary N) is 1. The van der Waals surface area contributed by atoms with Crippen LogP contribution >= 0.6 is 0 Å². The van der Waals surface area contributed by atoms with Crippen molar-refractivity contribution >= 4 is 11.7 Å². The zero-order valence-corrected chi connectivity index (χ0v) is 16.0. The first-order chi connectivity index (χ1) is 12.6. The second-order valence-electron chi connectivity index (χ2n) is 7.86. The largest absolute Gasteiger partial charge is 0.481 e. The molecule has 0 bridgehead atoms. The summed E-state index contributed by atoms with van der Waals surface area (Å²) in [4.78, 5) is 16.1. The third-order valence-electron chi connectivity index (χ3n) is 5.90. The lowest BCUT2D eigenvalue weighted by Crippen LogP contribution is -2.47. The average molecular weight is 360 g/mol. The summed E-state index contributed by atoms with van der Waals surface area (Å²) in [5.74, 6) is -0.731. The molecule has 5 heteroatoms. The minimum absolute atomic E-state index is 0.113. The van der Waals surface area contributed by atoms with Crippen molar-refractivity contribution in [3.05, 3.63) is 29.8 Å². The van der Waals surface area contributed by atoms with Crippen LogP contribution in [-0.2, 0) is 4.79 Å².